The Morgan fingerprint density at radius 1 is 1.05 bits per heavy atom. The minimum atomic E-state index is -4.26. The van der Waals surface area contributed by atoms with Crippen LogP contribution in [0.4, 0.5) is 0 Å². The number of benzene rings is 3. The lowest BCUT2D eigenvalue weighted by Crippen LogP contribution is -2.04. The fourth-order valence-electron chi connectivity index (χ4n) is 2.78. The van der Waals surface area contributed by atoms with Crippen molar-refractivity contribution in [3.05, 3.63) is 66.2 Å². The molecule has 1 N–H and O–H groups in total. The van der Waals surface area contributed by atoms with Gasteiger partial charge >= 0.3 is 0 Å². The third kappa shape index (κ3) is 2.63. The normalized spacial score (nSPS) is 11.9. The van der Waals surface area contributed by atoms with Gasteiger partial charge in [-0.3, -0.25) is 4.55 Å². The van der Waals surface area contributed by atoms with E-state index in [4.69, 9.17) is 0 Å². The molecule has 0 spiro atoms. The van der Waals surface area contributed by atoms with E-state index in [0.717, 1.165) is 27.1 Å². The minimum absolute atomic E-state index is 0.0433. The van der Waals surface area contributed by atoms with Crippen LogP contribution in [-0.4, -0.2) is 13.0 Å². The number of hydrogen-bond acceptors (Lipinski definition) is 2. The van der Waals surface area contributed by atoms with Crippen LogP contribution in [0.5, 0.6) is 0 Å². The average Bonchev–Trinajstić information content (AvgIpc) is 2.44. The van der Waals surface area contributed by atoms with Crippen molar-refractivity contribution in [2.75, 3.05) is 0 Å². The second kappa shape index (κ2) is 5.23. The summed E-state index contributed by atoms with van der Waals surface area (Å²) in [5, 5.41) is 3.90. The number of fused-ring (bicyclic) bond motifs is 2. The highest BCUT2D eigenvalue weighted by molar-refractivity contribution is 7.85. The van der Waals surface area contributed by atoms with Crippen molar-refractivity contribution in [3.8, 4) is 0 Å². The Morgan fingerprint density at radius 3 is 2.27 bits per heavy atom. The molecule has 0 aliphatic heterocycles. The molecule has 0 aliphatic carbocycles. The van der Waals surface area contributed by atoms with E-state index in [1.807, 2.05) is 43.3 Å². The van der Waals surface area contributed by atoms with Gasteiger partial charge in [0.15, 0.2) is 0 Å². The molecule has 3 aromatic rings. The van der Waals surface area contributed by atoms with Gasteiger partial charge < -0.3 is 0 Å². The van der Waals surface area contributed by atoms with Gasteiger partial charge in [-0.05, 0) is 58.7 Å². The van der Waals surface area contributed by atoms with Crippen LogP contribution >= 0.6 is 0 Å². The van der Waals surface area contributed by atoms with E-state index in [2.05, 4.69) is 6.58 Å². The van der Waals surface area contributed by atoms with Crippen molar-refractivity contribution < 1.29 is 13.0 Å². The predicted molar refractivity (Wildman–Crippen MR) is 89.8 cm³/mol. The molecular formula is C18H16O3S. The standard InChI is InChI=1S/C18H16O3S/c1-12(2)9-17-16-11-14-6-4-3-5-13(14)10-15(16)7-8-18(17)22(19,20)21/h3-8,10-11H,1,9H2,2H3,(H,19,20,21). The van der Waals surface area contributed by atoms with E-state index < -0.39 is 10.1 Å². The average molecular weight is 312 g/mol. The maximum Gasteiger partial charge on any atom is 0.294 e. The van der Waals surface area contributed by atoms with E-state index in [-0.39, 0.29) is 4.90 Å². The molecule has 0 bridgehead atoms. The zero-order chi connectivity index (χ0) is 15.9. The van der Waals surface area contributed by atoms with Gasteiger partial charge in [0, 0.05) is 0 Å². The smallest absolute Gasteiger partial charge is 0.282 e. The lowest BCUT2D eigenvalue weighted by Gasteiger charge is -2.12. The molecule has 0 saturated carbocycles. The molecule has 0 radical (unpaired) electrons. The first kappa shape index (κ1) is 14.8. The summed E-state index contributed by atoms with van der Waals surface area (Å²) in [6, 6.07) is 15.1. The summed E-state index contributed by atoms with van der Waals surface area (Å²) >= 11 is 0. The molecule has 112 valence electrons. The first-order valence-corrected chi connectivity index (χ1v) is 8.36. The van der Waals surface area contributed by atoms with Crippen LogP contribution in [0.25, 0.3) is 21.5 Å². The number of allylic oxidation sites excluding steroid dienone is 1. The highest BCUT2D eigenvalue weighted by Crippen LogP contribution is 2.31. The Balaban J connectivity index is 2.44. The van der Waals surface area contributed by atoms with E-state index in [1.54, 1.807) is 6.07 Å². The third-order valence-corrected chi connectivity index (χ3v) is 4.65. The van der Waals surface area contributed by atoms with Crippen LogP contribution in [0.15, 0.2) is 65.6 Å². The molecule has 3 nitrogen and oxygen atoms in total. The maximum absolute atomic E-state index is 11.7. The van der Waals surface area contributed by atoms with Crippen LogP contribution < -0.4 is 0 Å². The second-order valence-corrected chi connectivity index (χ2v) is 6.96. The van der Waals surface area contributed by atoms with E-state index in [1.165, 1.54) is 6.07 Å². The number of rotatable bonds is 3. The van der Waals surface area contributed by atoms with E-state index in [0.29, 0.717) is 12.0 Å². The quantitative estimate of drug-likeness (QED) is 0.444. The van der Waals surface area contributed by atoms with Crippen LogP contribution in [0, 0.1) is 0 Å². The highest BCUT2D eigenvalue weighted by Gasteiger charge is 2.18. The Labute approximate surface area is 129 Å². The summed E-state index contributed by atoms with van der Waals surface area (Å²) in [4.78, 5) is -0.0433. The van der Waals surface area contributed by atoms with Gasteiger partial charge in [0.05, 0.1) is 4.90 Å². The topological polar surface area (TPSA) is 54.4 Å². The van der Waals surface area contributed by atoms with Crippen molar-refractivity contribution in [1.82, 2.24) is 0 Å². The first-order valence-electron chi connectivity index (χ1n) is 6.92. The summed E-state index contributed by atoms with van der Waals surface area (Å²) < 4.78 is 32.8. The van der Waals surface area contributed by atoms with Gasteiger partial charge in [0.1, 0.15) is 0 Å². The third-order valence-electron chi connectivity index (χ3n) is 3.71. The first-order chi connectivity index (χ1) is 10.4. The van der Waals surface area contributed by atoms with E-state index in [9.17, 15) is 13.0 Å². The van der Waals surface area contributed by atoms with Crippen molar-refractivity contribution in [2.24, 2.45) is 0 Å². The Morgan fingerprint density at radius 2 is 1.68 bits per heavy atom. The molecule has 0 heterocycles. The second-order valence-electron chi connectivity index (χ2n) is 5.57. The molecule has 0 aromatic heterocycles. The van der Waals surface area contributed by atoms with Gasteiger partial charge in [-0.2, -0.15) is 8.42 Å². The highest BCUT2D eigenvalue weighted by atomic mass is 32.2. The summed E-state index contributed by atoms with van der Waals surface area (Å²) in [6.45, 7) is 5.71. The van der Waals surface area contributed by atoms with Crippen molar-refractivity contribution in [1.29, 1.82) is 0 Å². The zero-order valence-corrected chi connectivity index (χ0v) is 13.0. The molecule has 0 amide bonds. The SMILES string of the molecule is C=C(C)Cc1c(S(=O)(=O)O)ccc2cc3ccccc3cc12. The van der Waals surface area contributed by atoms with Gasteiger partial charge in [-0.1, -0.05) is 42.5 Å². The molecule has 3 aromatic carbocycles. The Bertz CT molecular complexity index is 1000. The molecule has 0 fully saturated rings. The van der Waals surface area contributed by atoms with Gasteiger partial charge in [-0.15, -0.1) is 0 Å². The van der Waals surface area contributed by atoms with Gasteiger partial charge in [0.2, 0.25) is 0 Å². The van der Waals surface area contributed by atoms with Crippen LogP contribution in [0.3, 0.4) is 0 Å². The Hall–Kier alpha value is -2.17. The van der Waals surface area contributed by atoms with Crippen molar-refractivity contribution in [3.63, 3.8) is 0 Å². The van der Waals surface area contributed by atoms with Crippen LogP contribution in [0.2, 0.25) is 0 Å². The fourth-order valence-corrected chi connectivity index (χ4v) is 3.52. The lowest BCUT2D eigenvalue weighted by molar-refractivity contribution is 0.482. The monoisotopic (exact) mass is 312 g/mol. The summed E-state index contributed by atoms with van der Waals surface area (Å²) in [5.41, 5.74) is 1.43. The molecule has 0 saturated heterocycles. The van der Waals surface area contributed by atoms with Crippen LogP contribution in [0.1, 0.15) is 12.5 Å². The molecule has 0 atom stereocenters. The number of hydrogen-bond donors (Lipinski definition) is 1. The summed E-state index contributed by atoms with van der Waals surface area (Å²) in [6.07, 6.45) is 0.408. The van der Waals surface area contributed by atoms with Gasteiger partial charge in [0.25, 0.3) is 10.1 Å². The fraction of sp³-hybridized carbons (Fsp3) is 0.111. The molecular weight excluding hydrogens is 296 g/mol. The van der Waals surface area contributed by atoms with Crippen molar-refractivity contribution in [2.45, 2.75) is 18.2 Å². The van der Waals surface area contributed by atoms with Crippen LogP contribution in [-0.2, 0) is 16.5 Å². The Kier molecular flexibility index (Phi) is 3.51. The molecule has 0 aliphatic rings. The lowest BCUT2D eigenvalue weighted by atomic mass is 9.96. The summed E-state index contributed by atoms with van der Waals surface area (Å²) in [7, 11) is -4.26. The van der Waals surface area contributed by atoms with E-state index >= 15 is 0 Å². The largest absolute Gasteiger partial charge is 0.294 e. The summed E-state index contributed by atoms with van der Waals surface area (Å²) in [5.74, 6) is 0. The molecule has 22 heavy (non-hydrogen) atoms. The maximum atomic E-state index is 11.7. The predicted octanol–water partition coefficient (Wildman–Crippen LogP) is 4.36. The zero-order valence-electron chi connectivity index (χ0n) is 12.2. The van der Waals surface area contributed by atoms with Gasteiger partial charge in [-0.25, -0.2) is 0 Å². The molecule has 4 heteroatoms. The van der Waals surface area contributed by atoms with Crippen molar-refractivity contribution >= 4 is 31.7 Å². The minimum Gasteiger partial charge on any atom is -0.282 e. The molecule has 0 unspecified atom stereocenters. The molecule has 3 rings (SSSR count).